The Morgan fingerprint density at radius 2 is 1.87 bits per heavy atom. The van der Waals surface area contributed by atoms with E-state index in [4.69, 9.17) is 23.2 Å². The molecule has 0 saturated heterocycles. The van der Waals surface area contributed by atoms with Crippen molar-refractivity contribution in [2.75, 3.05) is 6.61 Å². The first kappa shape index (κ1) is 21.6. The van der Waals surface area contributed by atoms with E-state index < -0.39 is 38.4 Å². The van der Waals surface area contributed by atoms with Crippen LogP contribution in [0.15, 0.2) is 18.8 Å². The summed E-state index contributed by atoms with van der Waals surface area (Å²) in [4.78, 5) is 46.5. The lowest BCUT2D eigenvalue weighted by molar-refractivity contribution is -0.146. The molecule has 0 radical (unpaired) electrons. The van der Waals surface area contributed by atoms with E-state index in [1.165, 1.54) is 0 Å². The molecule has 0 saturated carbocycles. The van der Waals surface area contributed by atoms with Gasteiger partial charge in [0.1, 0.15) is 9.46 Å². The quantitative estimate of drug-likeness (QED) is 0.157. The Hall–Kier alpha value is 0.530. The Bertz CT molecular complexity index is 649. The third kappa shape index (κ3) is 5.25. The highest BCUT2D eigenvalue weighted by Crippen LogP contribution is 2.48. The number of rotatable bonds is 5. The maximum absolute atomic E-state index is 12.0. The summed E-state index contributed by atoms with van der Waals surface area (Å²) >= 11 is 16.8. The summed E-state index contributed by atoms with van der Waals surface area (Å²) in [6.07, 6.45) is 1.59. The van der Waals surface area contributed by atoms with Crippen molar-refractivity contribution in [1.29, 1.82) is 0 Å². The van der Waals surface area contributed by atoms with Gasteiger partial charge in [-0.1, -0.05) is 0 Å². The Labute approximate surface area is 182 Å². The van der Waals surface area contributed by atoms with Gasteiger partial charge in [0.25, 0.3) is 11.1 Å². The molecule has 0 aromatic heterocycles. The molecule has 11 heteroatoms. The summed E-state index contributed by atoms with van der Waals surface area (Å²) in [7, 11) is 0. The number of hydrogen-bond acceptors (Lipinski definition) is 5. The topological polar surface area (TPSA) is 89.5 Å². The smallest absolute Gasteiger partial charge is 0.303 e. The summed E-state index contributed by atoms with van der Waals surface area (Å²) in [5.41, 5.74) is 0.0379. The second-order valence-corrected chi connectivity index (χ2v) is 9.13. The molecule has 1 amide bonds. The number of carbonyl (C=O) groups is 4. The van der Waals surface area contributed by atoms with Crippen LogP contribution < -0.4 is 5.32 Å². The molecule has 126 valence electrons. The number of amides is 1. The van der Waals surface area contributed by atoms with Crippen molar-refractivity contribution >= 4 is 113 Å². The maximum atomic E-state index is 12.0. The van der Waals surface area contributed by atoms with Gasteiger partial charge in [-0.2, -0.15) is 0 Å². The molecule has 0 aliphatic heterocycles. The average Bonchev–Trinajstić information content (AvgIpc) is 2.33. The summed E-state index contributed by atoms with van der Waals surface area (Å²) < 4.78 is 4.15. The first-order valence-corrected chi connectivity index (χ1v) is 9.79. The second kappa shape index (κ2) is 8.76. The Kier molecular flexibility index (Phi) is 8.22. The van der Waals surface area contributed by atoms with Crippen molar-refractivity contribution in [1.82, 2.24) is 5.32 Å². The average molecular weight is 698 g/mol. The van der Waals surface area contributed by atoms with Gasteiger partial charge in [0, 0.05) is 14.1 Å². The van der Waals surface area contributed by atoms with Crippen LogP contribution in [0.2, 0.25) is 0 Å². The van der Waals surface area contributed by atoms with Gasteiger partial charge >= 0.3 is 5.97 Å². The van der Waals surface area contributed by atoms with Crippen LogP contribution in [-0.4, -0.2) is 32.5 Å². The zero-order chi connectivity index (χ0) is 17.9. The number of hydrogen-bond donors (Lipinski definition) is 1. The van der Waals surface area contributed by atoms with E-state index in [0.717, 1.165) is 6.92 Å². The van der Waals surface area contributed by atoms with Crippen LogP contribution in [0.4, 0.5) is 0 Å². The largest absolute Gasteiger partial charge is 0.456 e. The van der Waals surface area contributed by atoms with Gasteiger partial charge in [-0.05, 0) is 97.1 Å². The Balaban J connectivity index is 3.29. The normalized spacial score (nSPS) is 23.9. The zero-order valence-corrected chi connectivity index (χ0v) is 19.3. The minimum Gasteiger partial charge on any atom is -0.456 e. The molecular weight excluding hydrogens is 690 g/mol. The fourth-order valence-electron chi connectivity index (χ4n) is 1.83. The number of alkyl halides is 1. The predicted octanol–water partition coefficient (Wildman–Crippen LogP) is 2.97. The number of allylic oxidation sites excluding steroid dienone is 2. The van der Waals surface area contributed by atoms with Crippen LogP contribution in [0.3, 0.4) is 0 Å². The number of halogens is 5. The lowest BCUT2D eigenvalue weighted by atomic mass is 9.89. The molecular formula is C12H8Cl2I3NO5. The van der Waals surface area contributed by atoms with E-state index in [0.29, 0.717) is 7.16 Å². The Morgan fingerprint density at radius 3 is 2.30 bits per heavy atom. The highest BCUT2D eigenvalue weighted by molar-refractivity contribution is 14.1. The first-order valence-electron chi connectivity index (χ1n) is 5.80. The first-order chi connectivity index (χ1) is 10.5. The van der Waals surface area contributed by atoms with Crippen LogP contribution in [0, 0.1) is 5.92 Å². The molecule has 0 heterocycles. The minimum absolute atomic E-state index is 0.0379. The maximum Gasteiger partial charge on any atom is 0.303 e. The number of ether oxygens (including phenoxy) is 1. The van der Waals surface area contributed by atoms with Crippen LogP contribution in [0.5, 0.6) is 0 Å². The van der Waals surface area contributed by atoms with E-state index in [1.807, 2.05) is 45.2 Å². The molecule has 6 nitrogen and oxygen atoms in total. The van der Waals surface area contributed by atoms with Crippen molar-refractivity contribution in [3.63, 3.8) is 0 Å². The van der Waals surface area contributed by atoms with Crippen LogP contribution >= 0.6 is 91.0 Å². The summed E-state index contributed by atoms with van der Waals surface area (Å²) in [6.45, 7) is 0.602. The van der Waals surface area contributed by atoms with Gasteiger partial charge in [0.15, 0.2) is 6.61 Å². The molecule has 23 heavy (non-hydrogen) atoms. The zero-order valence-electron chi connectivity index (χ0n) is 11.3. The Morgan fingerprint density at radius 1 is 1.30 bits per heavy atom. The van der Waals surface area contributed by atoms with E-state index in [1.54, 1.807) is 28.7 Å². The van der Waals surface area contributed by atoms with E-state index in [2.05, 4.69) is 10.1 Å². The highest BCUT2D eigenvalue weighted by atomic mass is 127. The van der Waals surface area contributed by atoms with Crippen molar-refractivity contribution in [3.05, 3.63) is 18.8 Å². The van der Waals surface area contributed by atoms with Crippen LogP contribution in [0.25, 0.3) is 0 Å². The van der Waals surface area contributed by atoms with Crippen molar-refractivity contribution in [3.8, 4) is 0 Å². The minimum atomic E-state index is -1.48. The summed E-state index contributed by atoms with van der Waals surface area (Å²) in [6, 6.07) is 0. The third-order valence-corrected chi connectivity index (χ3v) is 6.32. The fourth-order valence-corrected chi connectivity index (χ4v) is 8.28. The molecule has 1 aliphatic carbocycles. The molecule has 1 rings (SSSR count). The van der Waals surface area contributed by atoms with Gasteiger partial charge in [0.05, 0.1) is 5.57 Å². The van der Waals surface area contributed by atoms with Crippen molar-refractivity contribution < 1.29 is 23.9 Å². The molecule has 2 atom stereocenters. The number of carbonyl (C=O) groups excluding carboxylic acids is 4. The standard InChI is InChI=1S/C12H8Cl2I3NO5/c1-4(19)23-3-7(20)18-12(17)8(10(13)21)5(15)2-6(16)9(12)11(14)22/h2,8H,3H2,1H3,(H,18,20). The number of esters is 1. The van der Waals surface area contributed by atoms with Crippen molar-refractivity contribution in [2.45, 2.75) is 10.5 Å². The molecule has 0 spiro atoms. The molecule has 1 N–H and O–H groups in total. The van der Waals surface area contributed by atoms with E-state index >= 15 is 0 Å². The lowest BCUT2D eigenvalue weighted by Gasteiger charge is -2.38. The van der Waals surface area contributed by atoms with Crippen LogP contribution in [-0.2, 0) is 23.9 Å². The van der Waals surface area contributed by atoms with E-state index in [-0.39, 0.29) is 5.57 Å². The van der Waals surface area contributed by atoms with Crippen molar-refractivity contribution in [2.24, 2.45) is 5.92 Å². The molecule has 0 fully saturated rings. The van der Waals surface area contributed by atoms with Gasteiger partial charge in [-0.25, -0.2) is 0 Å². The van der Waals surface area contributed by atoms with Gasteiger partial charge in [-0.3, -0.25) is 19.2 Å². The predicted molar refractivity (Wildman–Crippen MR) is 110 cm³/mol. The molecule has 0 aromatic carbocycles. The lowest BCUT2D eigenvalue weighted by Crippen LogP contribution is -2.55. The molecule has 2 unspecified atom stereocenters. The monoisotopic (exact) mass is 697 g/mol. The summed E-state index contributed by atoms with van der Waals surface area (Å²) in [5, 5.41) is 0.949. The van der Waals surface area contributed by atoms with Crippen LogP contribution in [0.1, 0.15) is 6.92 Å². The molecule has 1 aliphatic rings. The molecule has 0 bridgehead atoms. The third-order valence-electron chi connectivity index (χ3n) is 2.69. The number of nitrogens with one attached hydrogen (secondary N) is 1. The van der Waals surface area contributed by atoms with E-state index in [9.17, 15) is 19.2 Å². The fraction of sp³-hybridized carbons (Fsp3) is 0.333. The molecule has 0 aromatic rings. The van der Waals surface area contributed by atoms with Gasteiger partial charge < -0.3 is 10.1 Å². The van der Waals surface area contributed by atoms with Gasteiger partial charge in [0.2, 0.25) is 5.24 Å². The van der Waals surface area contributed by atoms with Gasteiger partial charge in [-0.15, -0.1) is 0 Å². The highest BCUT2D eigenvalue weighted by Gasteiger charge is 2.51. The second-order valence-electron chi connectivity index (χ2n) is 4.30. The SMILES string of the molecule is CC(=O)OCC(=O)NC1(I)C(C(=O)Cl)=C(I)C=C(I)C1C(=O)Cl. The summed E-state index contributed by atoms with van der Waals surface area (Å²) in [5.74, 6) is -2.32.